The van der Waals surface area contributed by atoms with Crippen molar-refractivity contribution >= 4 is 29.1 Å². The lowest BCUT2D eigenvalue weighted by Crippen LogP contribution is -2.48. The van der Waals surface area contributed by atoms with Crippen LogP contribution in [-0.2, 0) is 16.8 Å². The average molecular weight is 490 g/mol. The van der Waals surface area contributed by atoms with E-state index in [4.69, 9.17) is 11.6 Å². The highest BCUT2D eigenvalue weighted by atomic mass is 35.5. The molecule has 1 aromatic heterocycles. The SMILES string of the molecule is CC(C)(O)c1cc(F)c(CC(=O)Nc2ccnc(C(=O)NC3(C(F)(F)F)CC3)c2)c(Cl)c1O. The fourth-order valence-electron chi connectivity index (χ4n) is 3.16. The van der Waals surface area contributed by atoms with Gasteiger partial charge in [-0.1, -0.05) is 11.6 Å². The van der Waals surface area contributed by atoms with Crippen LogP contribution in [0.4, 0.5) is 23.2 Å². The van der Waals surface area contributed by atoms with Gasteiger partial charge in [0.25, 0.3) is 5.91 Å². The smallest absolute Gasteiger partial charge is 0.411 e. The molecule has 4 N–H and O–H groups in total. The second-order valence-electron chi connectivity index (χ2n) is 8.29. The summed E-state index contributed by atoms with van der Waals surface area (Å²) >= 11 is 5.99. The van der Waals surface area contributed by atoms with E-state index < -0.39 is 52.1 Å². The summed E-state index contributed by atoms with van der Waals surface area (Å²) in [7, 11) is 0. The van der Waals surface area contributed by atoms with Crippen molar-refractivity contribution in [2.75, 3.05) is 5.32 Å². The topological polar surface area (TPSA) is 112 Å². The van der Waals surface area contributed by atoms with E-state index in [1.165, 1.54) is 19.9 Å². The van der Waals surface area contributed by atoms with E-state index in [-0.39, 0.29) is 35.3 Å². The normalized spacial score (nSPS) is 15.2. The Balaban J connectivity index is 1.73. The maximum absolute atomic E-state index is 14.5. The first-order valence-corrected chi connectivity index (χ1v) is 10.1. The molecule has 33 heavy (non-hydrogen) atoms. The Morgan fingerprint density at radius 2 is 1.88 bits per heavy atom. The molecule has 1 aliphatic carbocycles. The van der Waals surface area contributed by atoms with Crippen LogP contribution in [0.3, 0.4) is 0 Å². The number of aromatic nitrogens is 1. The number of carbonyl (C=O) groups is 2. The van der Waals surface area contributed by atoms with E-state index in [9.17, 15) is 37.4 Å². The fraction of sp³-hybridized carbons (Fsp3) is 0.381. The Morgan fingerprint density at radius 1 is 1.24 bits per heavy atom. The Hall–Kier alpha value is -2.92. The molecule has 2 amide bonds. The van der Waals surface area contributed by atoms with Gasteiger partial charge in [-0.05, 0) is 44.9 Å². The van der Waals surface area contributed by atoms with E-state index in [0.717, 1.165) is 18.3 Å². The number of phenolic OH excluding ortho intramolecular Hbond substituents is 1. The highest BCUT2D eigenvalue weighted by Crippen LogP contribution is 2.49. The van der Waals surface area contributed by atoms with Crippen LogP contribution >= 0.6 is 11.6 Å². The summed E-state index contributed by atoms with van der Waals surface area (Å²) in [4.78, 5) is 28.3. The molecule has 1 aromatic carbocycles. The molecule has 1 aliphatic rings. The monoisotopic (exact) mass is 489 g/mol. The van der Waals surface area contributed by atoms with E-state index in [0.29, 0.717) is 0 Å². The Bertz CT molecular complexity index is 1110. The third-order valence-electron chi connectivity index (χ3n) is 5.21. The number of halogens is 5. The van der Waals surface area contributed by atoms with Gasteiger partial charge in [0.05, 0.1) is 17.0 Å². The molecule has 0 unspecified atom stereocenters. The van der Waals surface area contributed by atoms with Gasteiger partial charge < -0.3 is 20.8 Å². The Labute approximate surface area is 190 Å². The molecule has 0 radical (unpaired) electrons. The van der Waals surface area contributed by atoms with Crippen LogP contribution < -0.4 is 10.6 Å². The van der Waals surface area contributed by atoms with Crippen LogP contribution in [0.1, 0.15) is 48.3 Å². The number of hydrogen-bond donors (Lipinski definition) is 4. The molecule has 0 spiro atoms. The zero-order valence-corrected chi connectivity index (χ0v) is 18.2. The summed E-state index contributed by atoms with van der Waals surface area (Å²) in [5.74, 6) is -3.34. The predicted molar refractivity (Wildman–Crippen MR) is 110 cm³/mol. The zero-order chi connectivity index (χ0) is 24.8. The standard InChI is InChI=1S/C21H20ClF4N3O4/c1-19(2,33)12-9-13(23)11(16(22)17(12)31)8-15(30)28-10-3-6-27-14(7-10)18(32)29-20(4-5-20)21(24,25)26/h3,6-7,9,31,33H,4-5,8H2,1-2H3,(H,29,32)(H,27,28,30). The maximum atomic E-state index is 14.5. The minimum absolute atomic E-state index is 0.0332. The van der Waals surface area contributed by atoms with E-state index in [2.05, 4.69) is 10.3 Å². The summed E-state index contributed by atoms with van der Waals surface area (Å²) in [5.41, 5.74) is -4.66. The molecule has 1 fully saturated rings. The van der Waals surface area contributed by atoms with Crippen molar-refractivity contribution in [2.45, 2.75) is 50.4 Å². The number of aromatic hydroxyl groups is 1. The van der Waals surface area contributed by atoms with Crippen LogP contribution in [0.25, 0.3) is 0 Å². The zero-order valence-electron chi connectivity index (χ0n) is 17.5. The number of nitrogens with zero attached hydrogens (tertiary/aromatic N) is 1. The van der Waals surface area contributed by atoms with Gasteiger partial charge in [-0.3, -0.25) is 14.6 Å². The van der Waals surface area contributed by atoms with Crippen LogP contribution in [0.5, 0.6) is 5.75 Å². The molecule has 0 aliphatic heterocycles. The van der Waals surface area contributed by atoms with E-state index in [1.54, 1.807) is 0 Å². The molecule has 0 bridgehead atoms. The number of aliphatic hydroxyl groups is 1. The molecule has 12 heteroatoms. The van der Waals surface area contributed by atoms with Gasteiger partial charge in [0.15, 0.2) is 0 Å². The van der Waals surface area contributed by atoms with Crippen molar-refractivity contribution in [1.29, 1.82) is 0 Å². The van der Waals surface area contributed by atoms with Crippen LogP contribution in [0.15, 0.2) is 24.4 Å². The molecule has 7 nitrogen and oxygen atoms in total. The molecular weight excluding hydrogens is 470 g/mol. The number of hydrogen-bond acceptors (Lipinski definition) is 5. The summed E-state index contributed by atoms with van der Waals surface area (Å²) in [5, 5.41) is 24.0. The summed E-state index contributed by atoms with van der Waals surface area (Å²) in [6, 6.07) is 3.23. The van der Waals surface area contributed by atoms with Gasteiger partial charge in [0.2, 0.25) is 5.91 Å². The second-order valence-corrected chi connectivity index (χ2v) is 8.67. The van der Waals surface area contributed by atoms with Crippen molar-refractivity contribution in [1.82, 2.24) is 10.3 Å². The van der Waals surface area contributed by atoms with Gasteiger partial charge in [-0.2, -0.15) is 13.2 Å². The van der Waals surface area contributed by atoms with Crippen LogP contribution in [0, 0.1) is 5.82 Å². The maximum Gasteiger partial charge on any atom is 0.411 e. The number of pyridine rings is 1. The third-order valence-corrected chi connectivity index (χ3v) is 5.61. The van der Waals surface area contributed by atoms with E-state index >= 15 is 0 Å². The van der Waals surface area contributed by atoms with Gasteiger partial charge in [-0.25, -0.2) is 4.39 Å². The van der Waals surface area contributed by atoms with Crippen molar-refractivity contribution < 1.29 is 37.4 Å². The van der Waals surface area contributed by atoms with Gasteiger partial charge in [0, 0.05) is 23.0 Å². The molecular formula is C21H20ClF4N3O4. The Kier molecular flexibility index (Phi) is 6.33. The first-order valence-electron chi connectivity index (χ1n) is 9.72. The predicted octanol–water partition coefficient (Wildman–Crippen LogP) is 3.81. The van der Waals surface area contributed by atoms with Crippen molar-refractivity contribution in [2.24, 2.45) is 0 Å². The van der Waals surface area contributed by atoms with Crippen molar-refractivity contribution in [3.8, 4) is 5.75 Å². The third kappa shape index (κ3) is 5.19. The summed E-state index contributed by atoms with van der Waals surface area (Å²) in [6.07, 6.45) is -4.54. The van der Waals surface area contributed by atoms with E-state index in [1.807, 2.05) is 5.32 Å². The van der Waals surface area contributed by atoms with Crippen molar-refractivity contribution in [3.63, 3.8) is 0 Å². The molecule has 1 heterocycles. The highest BCUT2D eigenvalue weighted by molar-refractivity contribution is 6.33. The molecule has 0 atom stereocenters. The largest absolute Gasteiger partial charge is 0.506 e. The Morgan fingerprint density at radius 3 is 2.42 bits per heavy atom. The summed E-state index contributed by atoms with van der Waals surface area (Å²) in [6.45, 7) is 2.64. The minimum atomic E-state index is -4.59. The number of benzene rings is 1. The molecule has 0 saturated heterocycles. The number of carbonyl (C=O) groups excluding carboxylic acids is 2. The van der Waals surface area contributed by atoms with Gasteiger partial charge >= 0.3 is 6.18 Å². The number of phenols is 1. The summed E-state index contributed by atoms with van der Waals surface area (Å²) < 4.78 is 53.7. The highest BCUT2D eigenvalue weighted by Gasteiger charge is 2.64. The minimum Gasteiger partial charge on any atom is -0.506 e. The van der Waals surface area contributed by atoms with Crippen LogP contribution in [-0.4, -0.2) is 38.7 Å². The first kappa shape index (κ1) is 24.7. The number of alkyl halides is 3. The second kappa shape index (κ2) is 8.45. The number of anilines is 1. The quantitative estimate of drug-likeness (QED) is 0.461. The number of nitrogens with one attached hydrogen (secondary N) is 2. The average Bonchev–Trinajstić information content (AvgIpc) is 3.48. The lowest BCUT2D eigenvalue weighted by atomic mass is 9.94. The van der Waals surface area contributed by atoms with Gasteiger partial charge in [0.1, 0.15) is 22.8 Å². The van der Waals surface area contributed by atoms with Crippen molar-refractivity contribution in [3.05, 3.63) is 52.1 Å². The number of rotatable bonds is 6. The molecule has 3 rings (SSSR count). The number of amides is 2. The van der Waals surface area contributed by atoms with Gasteiger partial charge in [-0.15, -0.1) is 0 Å². The van der Waals surface area contributed by atoms with Crippen LogP contribution in [0.2, 0.25) is 5.02 Å². The molecule has 2 aromatic rings. The lowest BCUT2D eigenvalue weighted by molar-refractivity contribution is -0.163. The lowest BCUT2D eigenvalue weighted by Gasteiger charge is -2.21. The first-order chi connectivity index (χ1) is 15.1. The molecule has 178 valence electrons. The fourth-order valence-corrected chi connectivity index (χ4v) is 3.42. The molecule has 1 saturated carbocycles.